The number of rotatable bonds is 1. The van der Waals surface area contributed by atoms with Gasteiger partial charge in [-0.2, -0.15) is 0 Å². The van der Waals surface area contributed by atoms with E-state index in [0.717, 1.165) is 16.5 Å². The summed E-state index contributed by atoms with van der Waals surface area (Å²) in [5, 5.41) is 11.0. The van der Waals surface area contributed by atoms with Crippen molar-refractivity contribution in [2.24, 2.45) is 0 Å². The largest absolute Gasteiger partial charge is 0.389 e. The number of aromatic nitrogens is 1. The van der Waals surface area contributed by atoms with Gasteiger partial charge in [0.1, 0.15) is 0 Å². The Bertz CT molecular complexity index is 433. The standard InChI is InChI=1S/C10H10ClNO/c1-6(13)7-4-9(11)8-2-3-12-10(8)5-7/h2-6,12-13H,1H3. The molecule has 0 bridgehead atoms. The minimum Gasteiger partial charge on any atom is -0.389 e. The van der Waals surface area contributed by atoms with Crippen molar-refractivity contribution in [2.45, 2.75) is 13.0 Å². The van der Waals surface area contributed by atoms with E-state index in [9.17, 15) is 5.11 Å². The van der Waals surface area contributed by atoms with Crippen LogP contribution in [-0.4, -0.2) is 10.1 Å². The molecule has 3 heteroatoms. The molecule has 1 aromatic carbocycles. The first-order valence-electron chi connectivity index (χ1n) is 4.13. The topological polar surface area (TPSA) is 36.0 Å². The lowest BCUT2D eigenvalue weighted by atomic mass is 10.1. The van der Waals surface area contributed by atoms with E-state index in [1.54, 1.807) is 13.0 Å². The summed E-state index contributed by atoms with van der Waals surface area (Å²) in [4.78, 5) is 3.06. The van der Waals surface area contributed by atoms with Crippen LogP contribution in [0.1, 0.15) is 18.6 Å². The normalized spacial score (nSPS) is 13.5. The Balaban J connectivity index is 2.70. The Morgan fingerprint density at radius 3 is 2.92 bits per heavy atom. The fraction of sp³-hybridized carbons (Fsp3) is 0.200. The zero-order chi connectivity index (χ0) is 9.42. The summed E-state index contributed by atoms with van der Waals surface area (Å²) >= 11 is 6.02. The summed E-state index contributed by atoms with van der Waals surface area (Å²) in [6.45, 7) is 1.72. The van der Waals surface area contributed by atoms with Gasteiger partial charge in [-0.1, -0.05) is 11.6 Å². The van der Waals surface area contributed by atoms with Crippen LogP contribution < -0.4 is 0 Å². The van der Waals surface area contributed by atoms with E-state index in [2.05, 4.69) is 4.98 Å². The van der Waals surface area contributed by atoms with Crippen LogP contribution in [0.3, 0.4) is 0 Å². The molecular weight excluding hydrogens is 186 g/mol. The molecule has 0 aliphatic rings. The number of hydrogen-bond acceptors (Lipinski definition) is 1. The molecule has 0 amide bonds. The molecule has 1 atom stereocenters. The van der Waals surface area contributed by atoms with Crippen LogP contribution in [-0.2, 0) is 0 Å². The van der Waals surface area contributed by atoms with Crippen LogP contribution in [0.25, 0.3) is 10.9 Å². The van der Waals surface area contributed by atoms with Gasteiger partial charge in [-0.05, 0) is 30.7 Å². The monoisotopic (exact) mass is 195 g/mol. The average Bonchev–Trinajstić information content (AvgIpc) is 2.51. The van der Waals surface area contributed by atoms with Gasteiger partial charge in [0.05, 0.1) is 11.1 Å². The van der Waals surface area contributed by atoms with E-state index in [1.165, 1.54) is 0 Å². The summed E-state index contributed by atoms with van der Waals surface area (Å²) in [6.07, 6.45) is 1.35. The second-order valence-electron chi connectivity index (χ2n) is 3.12. The molecule has 2 N–H and O–H groups in total. The molecule has 2 rings (SSSR count). The number of hydrogen-bond donors (Lipinski definition) is 2. The maximum atomic E-state index is 9.37. The molecule has 0 aliphatic carbocycles. The molecule has 1 heterocycles. The van der Waals surface area contributed by atoms with Gasteiger partial charge < -0.3 is 10.1 Å². The van der Waals surface area contributed by atoms with E-state index >= 15 is 0 Å². The molecule has 0 fully saturated rings. The van der Waals surface area contributed by atoms with E-state index in [-0.39, 0.29) is 0 Å². The predicted octanol–water partition coefficient (Wildman–Crippen LogP) is 2.87. The van der Waals surface area contributed by atoms with Crippen LogP contribution >= 0.6 is 11.6 Å². The predicted molar refractivity (Wildman–Crippen MR) is 53.9 cm³/mol. The number of aromatic amines is 1. The molecule has 68 valence electrons. The third-order valence-corrected chi connectivity index (χ3v) is 2.44. The Hall–Kier alpha value is -0.990. The molecule has 2 aromatic rings. The van der Waals surface area contributed by atoms with Gasteiger partial charge in [0, 0.05) is 17.1 Å². The summed E-state index contributed by atoms with van der Waals surface area (Å²) in [7, 11) is 0. The van der Waals surface area contributed by atoms with E-state index in [0.29, 0.717) is 5.02 Å². The number of H-pyrrole nitrogens is 1. The molecule has 1 aromatic heterocycles. The fourth-order valence-corrected chi connectivity index (χ4v) is 1.67. The lowest BCUT2D eigenvalue weighted by Gasteiger charge is -2.05. The SMILES string of the molecule is CC(O)c1cc(Cl)c2cc[nH]c2c1. The number of aliphatic hydroxyl groups excluding tert-OH is 1. The Kier molecular flexibility index (Phi) is 2.02. The average molecular weight is 196 g/mol. The van der Waals surface area contributed by atoms with Crippen molar-refractivity contribution in [2.75, 3.05) is 0 Å². The number of nitrogens with one attached hydrogen (secondary N) is 1. The van der Waals surface area contributed by atoms with Crippen molar-refractivity contribution in [3.8, 4) is 0 Å². The summed E-state index contributed by atoms with van der Waals surface area (Å²) in [5.41, 5.74) is 1.79. The minimum absolute atomic E-state index is 0.481. The quantitative estimate of drug-likeness (QED) is 0.721. The van der Waals surface area contributed by atoms with Crippen LogP contribution in [0.15, 0.2) is 24.4 Å². The third-order valence-electron chi connectivity index (χ3n) is 2.12. The lowest BCUT2D eigenvalue weighted by molar-refractivity contribution is 0.199. The van der Waals surface area contributed by atoms with Crippen LogP contribution in [0.4, 0.5) is 0 Å². The maximum Gasteiger partial charge on any atom is 0.0763 e. The zero-order valence-electron chi connectivity index (χ0n) is 7.21. The van der Waals surface area contributed by atoms with E-state index < -0.39 is 6.10 Å². The molecule has 2 nitrogen and oxygen atoms in total. The molecule has 0 saturated carbocycles. The first kappa shape index (κ1) is 8.60. The van der Waals surface area contributed by atoms with Crippen molar-refractivity contribution in [1.29, 1.82) is 0 Å². The van der Waals surface area contributed by atoms with Crippen molar-refractivity contribution in [1.82, 2.24) is 4.98 Å². The Morgan fingerprint density at radius 1 is 1.46 bits per heavy atom. The van der Waals surface area contributed by atoms with Crippen molar-refractivity contribution < 1.29 is 5.11 Å². The number of aliphatic hydroxyl groups is 1. The minimum atomic E-state index is -0.481. The highest BCUT2D eigenvalue weighted by atomic mass is 35.5. The van der Waals surface area contributed by atoms with Gasteiger partial charge >= 0.3 is 0 Å². The van der Waals surface area contributed by atoms with Gasteiger partial charge in [-0.3, -0.25) is 0 Å². The third kappa shape index (κ3) is 1.43. The summed E-state index contributed by atoms with van der Waals surface area (Å²) < 4.78 is 0. The highest BCUT2D eigenvalue weighted by Crippen LogP contribution is 2.27. The Morgan fingerprint density at radius 2 is 2.23 bits per heavy atom. The van der Waals surface area contributed by atoms with Crippen LogP contribution in [0, 0.1) is 0 Å². The lowest BCUT2D eigenvalue weighted by Crippen LogP contribution is -1.90. The summed E-state index contributed by atoms with van der Waals surface area (Å²) in [5.74, 6) is 0. The van der Waals surface area contributed by atoms with E-state index in [4.69, 9.17) is 11.6 Å². The smallest absolute Gasteiger partial charge is 0.0763 e. The Labute approximate surface area is 81.1 Å². The van der Waals surface area contributed by atoms with Crippen molar-refractivity contribution in [3.63, 3.8) is 0 Å². The van der Waals surface area contributed by atoms with Gasteiger partial charge in [-0.25, -0.2) is 0 Å². The van der Waals surface area contributed by atoms with Gasteiger partial charge in [0.25, 0.3) is 0 Å². The second-order valence-corrected chi connectivity index (χ2v) is 3.52. The first-order chi connectivity index (χ1) is 6.18. The van der Waals surface area contributed by atoms with Gasteiger partial charge in [-0.15, -0.1) is 0 Å². The highest BCUT2D eigenvalue weighted by molar-refractivity contribution is 6.35. The molecular formula is C10H10ClNO. The second kappa shape index (κ2) is 3.05. The van der Waals surface area contributed by atoms with Crippen molar-refractivity contribution in [3.05, 3.63) is 35.0 Å². The summed E-state index contributed by atoms with van der Waals surface area (Å²) in [6, 6.07) is 5.62. The van der Waals surface area contributed by atoms with Crippen molar-refractivity contribution >= 4 is 22.5 Å². The number of fused-ring (bicyclic) bond motifs is 1. The zero-order valence-corrected chi connectivity index (χ0v) is 7.97. The first-order valence-corrected chi connectivity index (χ1v) is 4.51. The number of benzene rings is 1. The molecule has 0 aliphatic heterocycles. The molecule has 0 radical (unpaired) electrons. The van der Waals surface area contributed by atoms with E-state index in [1.807, 2.05) is 18.3 Å². The number of halogens is 1. The fourth-order valence-electron chi connectivity index (χ4n) is 1.38. The molecule has 0 spiro atoms. The maximum absolute atomic E-state index is 9.37. The van der Waals surface area contributed by atoms with Gasteiger partial charge in [0.15, 0.2) is 0 Å². The highest BCUT2D eigenvalue weighted by Gasteiger charge is 2.06. The molecule has 1 unspecified atom stereocenters. The molecule has 0 saturated heterocycles. The van der Waals surface area contributed by atoms with Gasteiger partial charge in [0.2, 0.25) is 0 Å². The van der Waals surface area contributed by atoms with Crippen LogP contribution in [0.5, 0.6) is 0 Å². The van der Waals surface area contributed by atoms with Crippen LogP contribution in [0.2, 0.25) is 5.02 Å². The molecule has 13 heavy (non-hydrogen) atoms.